The van der Waals surface area contributed by atoms with Crippen molar-refractivity contribution >= 4 is 11.3 Å². The molecule has 3 nitrogen and oxygen atoms in total. The van der Waals surface area contributed by atoms with Crippen LogP contribution >= 0.6 is 11.3 Å². The standard InChI is InChI=1S/C11H20N2OS/c1-14-8-11(3-2-5-12)13-7-10-4-6-15-9-10/h4,6,9,11,13H,2-3,5,7-8,12H2,1H3. The Kier molecular flexibility index (Phi) is 6.59. The summed E-state index contributed by atoms with van der Waals surface area (Å²) in [4.78, 5) is 0. The van der Waals surface area contributed by atoms with Crippen molar-refractivity contribution in [3.05, 3.63) is 22.4 Å². The van der Waals surface area contributed by atoms with E-state index in [9.17, 15) is 0 Å². The molecule has 0 aromatic carbocycles. The molecule has 1 atom stereocenters. The summed E-state index contributed by atoms with van der Waals surface area (Å²) in [6, 6.07) is 2.56. The van der Waals surface area contributed by atoms with Crippen LogP contribution < -0.4 is 11.1 Å². The molecule has 4 heteroatoms. The molecular formula is C11H20N2OS. The minimum atomic E-state index is 0.415. The molecule has 1 aromatic heterocycles. The first kappa shape index (κ1) is 12.6. The van der Waals surface area contributed by atoms with Crippen molar-refractivity contribution in [3.8, 4) is 0 Å². The summed E-state index contributed by atoms with van der Waals surface area (Å²) < 4.78 is 5.17. The molecule has 0 saturated carbocycles. The third-order valence-corrected chi connectivity index (χ3v) is 3.03. The quantitative estimate of drug-likeness (QED) is 0.710. The third kappa shape index (κ3) is 5.28. The van der Waals surface area contributed by atoms with Crippen molar-refractivity contribution in [2.75, 3.05) is 20.3 Å². The molecule has 0 aliphatic carbocycles. The molecule has 0 amide bonds. The third-order valence-electron chi connectivity index (χ3n) is 2.30. The Morgan fingerprint density at radius 3 is 3.07 bits per heavy atom. The second-order valence-electron chi connectivity index (χ2n) is 3.60. The van der Waals surface area contributed by atoms with E-state index in [1.165, 1.54) is 5.56 Å². The fraction of sp³-hybridized carbons (Fsp3) is 0.636. The maximum absolute atomic E-state index is 5.50. The summed E-state index contributed by atoms with van der Waals surface area (Å²) in [5, 5.41) is 7.75. The van der Waals surface area contributed by atoms with E-state index < -0.39 is 0 Å². The van der Waals surface area contributed by atoms with Gasteiger partial charge in [-0.15, -0.1) is 0 Å². The Hall–Kier alpha value is -0.420. The van der Waals surface area contributed by atoms with E-state index >= 15 is 0 Å². The number of rotatable bonds is 8. The summed E-state index contributed by atoms with van der Waals surface area (Å²) in [7, 11) is 1.74. The van der Waals surface area contributed by atoms with E-state index in [2.05, 4.69) is 22.1 Å². The van der Waals surface area contributed by atoms with Crippen LogP contribution in [-0.2, 0) is 11.3 Å². The first-order valence-electron chi connectivity index (χ1n) is 5.30. The summed E-state index contributed by atoms with van der Waals surface area (Å²) in [5.74, 6) is 0. The zero-order valence-corrected chi connectivity index (χ0v) is 10.1. The molecule has 1 unspecified atom stereocenters. The van der Waals surface area contributed by atoms with Crippen LogP contribution in [0.4, 0.5) is 0 Å². The lowest BCUT2D eigenvalue weighted by Gasteiger charge is -2.17. The molecule has 0 fully saturated rings. The topological polar surface area (TPSA) is 47.3 Å². The first-order valence-corrected chi connectivity index (χ1v) is 6.24. The lowest BCUT2D eigenvalue weighted by molar-refractivity contribution is 0.161. The lowest BCUT2D eigenvalue weighted by Crippen LogP contribution is -2.33. The van der Waals surface area contributed by atoms with Crippen LogP contribution in [0.25, 0.3) is 0 Å². The minimum absolute atomic E-state index is 0.415. The van der Waals surface area contributed by atoms with Crippen LogP contribution in [0.15, 0.2) is 16.8 Å². The predicted octanol–water partition coefficient (Wildman–Crippen LogP) is 1.59. The van der Waals surface area contributed by atoms with E-state index in [1.807, 2.05) is 0 Å². The highest BCUT2D eigenvalue weighted by atomic mass is 32.1. The van der Waals surface area contributed by atoms with E-state index in [4.69, 9.17) is 10.5 Å². The van der Waals surface area contributed by atoms with Crippen LogP contribution in [0.1, 0.15) is 18.4 Å². The van der Waals surface area contributed by atoms with Crippen molar-refractivity contribution in [2.24, 2.45) is 5.73 Å². The number of hydrogen-bond acceptors (Lipinski definition) is 4. The normalized spacial score (nSPS) is 12.9. The molecule has 86 valence electrons. The van der Waals surface area contributed by atoms with E-state index in [-0.39, 0.29) is 0 Å². The van der Waals surface area contributed by atoms with Gasteiger partial charge in [0.25, 0.3) is 0 Å². The van der Waals surface area contributed by atoms with Crippen molar-refractivity contribution in [1.82, 2.24) is 5.32 Å². The summed E-state index contributed by atoms with van der Waals surface area (Å²) >= 11 is 1.73. The number of hydrogen-bond donors (Lipinski definition) is 2. The second-order valence-corrected chi connectivity index (χ2v) is 4.38. The van der Waals surface area contributed by atoms with Gasteiger partial charge in [0.15, 0.2) is 0 Å². The molecule has 15 heavy (non-hydrogen) atoms. The van der Waals surface area contributed by atoms with Gasteiger partial charge in [-0.25, -0.2) is 0 Å². The summed E-state index contributed by atoms with van der Waals surface area (Å²) in [5.41, 5.74) is 6.84. The number of nitrogens with two attached hydrogens (primary N) is 1. The van der Waals surface area contributed by atoms with Gasteiger partial charge in [-0.3, -0.25) is 0 Å². The first-order chi connectivity index (χ1) is 7.36. The van der Waals surface area contributed by atoms with Crippen LogP contribution in [-0.4, -0.2) is 26.3 Å². The van der Waals surface area contributed by atoms with E-state index in [1.54, 1.807) is 18.4 Å². The average Bonchev–Trinajstić information content (AvgIpc) is 2.75. The Labute approximate surface area is 95.6 Å². The van der Waals surface area contributed by atoms with Gasteiger partial charge in [0, 0.05) is 19.7 Å². The summed E-state index contributed by atoms with van der Waals surface area (Å²) in [6.07, 6.45) is 2.12. The highest BCUT2D eigenvalue weighted by Crippen LogP contribution is 2.06. The Bertz CT molecular complexity index is 239. The maximum atomic E-state index is 5.50. The van der Waals surface area contributed by atoms with Gasteiger partial charge in [0.1, 0.15) is 0 Å². The van der Waals surface area contributed by atoms with Gasteiger partial charge >= 0.3 is 0 Å². The molecule has 0 radical (unpaired) electrons. The lowest BCUT2D eigenvalue weighted by atomic mass is 10.1. The monoisotopic (exact) mass is 228 g/mol. The molecule has 0 saturated heterocycles. The van der Waals surface area contributed by atoms with Gasteiger partial charge in [-0.05, 0) is 41.8 Å². The molecule has 1 heterocycles. The zero-order valence-electron chi connectivity index (χ0n) is 9.24. The Morgan fingerprint density at radius 2 is 2.47 bits per heavy atom. The maximum Gasteiger partial charge on any atom is 0.0615 e. The molecule has 1 rings (SSSR count). The molecular weight excluding hydrogens is 208 g/mol. The van der Waals surface area contributed by atoms with Crippen LogP contribution in [0.3, 0.4) is 0 Å². The average molecular weight is 228 g/mol. The predicted molar refractivity (Wildman–Crippen MR) is 65.1 cm³/mol. The second kappa shape index (κ2) is 7.82. The molecule has 0 bridgehead atoms. The van der Waals surface area contributed by atoms with Gasteiger partial charge in [-0.1, -0.05) is 0 Å². The molecule has 0 aliphatic rings. The van der Waals surface area contributed by atoms with Gasteiger partial charge in [0.2, 0.25) is 0 Å². The number of nitrogens with one attached hydrogen (secondary N) is 1. The molecule has 3 N–H and O–H groups in total. The molecule has 0 aliphatic heterocycles. The van der Waals surface area contributed by atoms with Crippen LogP contribution in [0.5, 0.6) is 0 Å². The van der Waals surface area contributed by atoms with Gasteiger partial charge in [0.05, 0.1) is 6.61 Å². The van der Waals surface area contributed by atoms with Crippen LogP contribution in [0.2, 0.25) is 0 Å². The van der Waals surface area contributed by atoms with E-state index in [0.29, 0.717) is 6.04 Å². The van der Waals surface area contributed by atoms with E-state index in [0.717, 1.165) is 32.5 Å². The van der Waals surface area contributed by atoms with Crippen molar-refractivity contribution in [1.29, 1.82) is 0 Å². The fourth-order valence-corrected chi connectivity index (χ4v) is 2.13. The number of ether oxygens (including phenoxy) is 1. The SMILES string of the molecule is COCC(CCCN)NCc1ccsc1. The number of thiophene rings is 1. The Morgan fingerprint density at radius 1 is 1.60 bits per heavy atom. The number of methoxy groups -OCH3 is 1. The molecule has 0 spiro atoms. The molecule has 1 aromatic rings. The fourth-order valence-electron chi connectivity index (χ4n) is 1.47. The van der Waals surface area contributed by atoms with Gasteiger partial charge < -0.3 is 15.8 Å². The van der Waals surface area contributed by atoms with Gasteiger partial charge in [-0.2, -0.15) is 11.3 Å². The highest BCUT2D eigenvalue weighted by Gasteiger charge is 2.06. The highest BCUT2D eigenvalue weighted by molar-refractivity contribution is 7.07. The minimum Gasteiger partial charge on any atom is -0.383 e. The largest absolute Gasteiger partial charge is 0.383 e. The summed E-state index contributed by atoms with van der Waals surface area (Å²) in [6.45, 7) is 2.42. The smallest absolute Gasteiger partial charge is 0.0615 e. The zero-order chi connectivity index (χ0) is 10.9. The van der Waals surface area contributed by atoms with Crippen molar-refractivity contribution < 1.29 is 4.74 Å². The van der Waals surface area contributed by atoms with Crippen molar-refractivity contribution in [2.45, 2.75) is 25.4 Å². The Balaban J connectivity index is 2.24. The van der Waals surface area contributed by atoms with Crippen molar-refractivity contribution in [3.63, 3.8) is 0 Å². The van der Waals surface area contributed by atoms with Crippen LogP contribution in [0, 0.1) is 0 Å².